The molecule has 1 aliphatic rings. The Labute approximate surface area is 175 Å². The molecule has 0 saturated carbocycles. The number of halogens is 1. The van der Waals surface area contributed by atoms with Crippen LogP contribution in [0.4, 0.5) is 4.39 Å². The van der Waals surface area contributed by atoms with Crippen LogP contribution in [0.1, 0.15) is 39.6 Å². The third-order valence-corrected chi connectivity index (χ3v) is 6.34. The van der Waals surface area contributed by atoms with Crippen LogP contribution in [0, 0.1) is 5.82 Å². The van der Waals surface area contributed by atoms with Gasteiger partial charge in [0.1, 0.15) is 5.82 Å². The highest BCUT2D eigenvalue weighted by molar-refractivity contribution is 7.10. The number of hydrogen-bond donors (Lipinski definition) is 2. The fourth-order valence-corrected chi connectivity index (χ4v) is 4.69. The molecule has 3 aromatic rings. The van der Waals surface area contributed by atoms with E-state index in [1.54, 1.807) is 23.5 Å². The monoisotopic (exact) mass is 408 g/mol. The Bertz CT molecular complexity index is 954. The largest absolute Gasteiger partial charge is 0.355 e. The number of thiophene rings is 1. The van der Waals surface area contributed by atoms with E-state index in [0.717, 1.165) is 12.0 Å². The maximum Gasteiger partial charge on any atom is 0.233 e. The highest BCUT2D eigenvalue weighted by Gasteiger charge is 2.19. The molecule has 29 heavy (non-hydrogen) atoms. The molecule has 5 heteroatoms. The normalized spacial score (nSPS) is 13.8. The molecular formula is C24H25FN2OS. The average Bonchev–Trinajstić information content (AvgIpc) is 3.41. The van der Waals surface area contributed by atoms with Crippen LogP contribution in [0.25, 0.3) is 0 Å². The van der Waals surface area contributed by atoms with Crippen molar-refractivity contribution in [2.45, 2.75) is 31.7 Å². The van der Waals surface area contributed by atoms with Crippen molar-refractivity contribution in [1.82, 2.24) is 10.6 Å². The zero-order valence-corrected chi connectivity index (χ0v) is 17.1. The van der Waals surface area contributed by atoms with Crippen molar-refractivity contribution < 1.29 is 9.18 Å². The van der Waals surface area contributed by atoms with E-state index < -0.39 is 0 Å². The zero-order valence-electron chi connectivity index (χ0n) is 16.3. The summed E-state index contributed by atoms with van der Waals surface area (Å²) in [5, 5.41) is 8.45. The Kier molecular flexibility index (Phi) is 6.37. The molecule has 2 N–H and O–H groups in total. The Hall–Kier alpha value is -2.50. The molecule has 3 nitrogen and oxygen atoms in total. The molecule has 4 rings (SSSR count). The first-order valence-corrected chi connectivity index (χ1v) is 11.0. The van der Waals surface area contributed by atoms with Crippen LogP contribution >= 0.6 is 11.3 Å². The minimum Gasteiger partial charge on any atom is -0.355 e. The molecule has 1 amide bonds. The highest BCUT2D eigenvalue weighted by atomic mass is 32.1. The predicted molar refractivity (Wildman–Crippen MR) is 116 cm³/mol. The minimum atomic E-state index is -0.242. The maximum atomic E-state index is 13.0. The minimum absolute atomic E-state index is 0.0174. The Morgan fingerprint density at radius 2 is 1.90 bits per heavy atom. The molecule has 150 valence electrons. The summed E-state index contributed by atoms with van der Waals surface area (Å²) in [6.07, 6.45) is 4.23. The molecule has 0 aliphatic heterocycles. The summed E-state index contributed by atoms with van der Waals surface area (Å²) < 4.78 is 13.0. The summed E-state index contributed by atoms with van der Waals surface area (Å²) in [6, 6.07) is 17.3. The second kappa shape index (κ2) is 9.33. The van der Waals surface area contributed by atoms with Crippen molar-refractivity contribution in [3.8, 4) is 0 Å². The third kappa shape index (κ3) is 5.11. The van der Waals surface area contributed by atoms with Crippen LogP contribution in [0.3, 0.4) is 0 Å². The van der Waals surface area contributed by atoms with Crippen LogP contribution < -0.4 is 10.6 Å². The van der Waals surface area contributed by atoms with Crippen LogP contribution in [0.2, 0.25) is 0 Å². The Morgan fingerprint density at radius 3 is 2.69 bits per heavy atom. The fraction of sp³-hybridized carbons (Fsp3) is 0.292. The molecule has 0 fully saturated rings. The lowest BCUT2D eigenvalue weighted by Gasteiger charge is -2.19. The molecule has 1 atom stereocenters. The van der Waals surface area contributed by atoms with E-state index in [9.17, 15) is 9.18 Å². The van der Waals surface area contributed by atoms with E-state index in [1.807, 2.05) is 6.07 Å². The van der Waals surface area contributed by atoms with E-state index in [0.29, 0.717) is 13.0 Å². The molecule has 1 aromatic heterocycles. The van der Waals surface area contributed by atoms with E-state index >= 15 is 0 Å². The lowest BCUT2D eigenvalue weighted by Crippen LogP contribution is -2.36. The smallest absolute Gasteiger partial charge is 0.233 e. The van der Waals surface area contributed by atoms with Crippen molar-refractivity contribution in [2.75, 3.05) is 13.1 Å². The van der Waals surface area contributed by atoms with Gasteiger partial charge >= 0.3 is 0 Å². The average molecular weight is 409 g/mol. The molecule has 0 unspecified atom stereocenters. The first kappa shape index (κ1) is 19.8. The number of hydrogen-bond acceptors (Lipinski definition) is 3. The van der Waals surface area contributed by atoms with Gasteiger partial charge in [0.25, 0.3) is 0 Å². The molecule has 2 aromatic carbocycles. The summed E-state index contributed by atoms with van der Waals surface area (Å²) in [7, 11) is 0. The summed E-state index contributed by atoms with van der Waals surface area (Å²) in [5.41, 5.74) is 5.12. The quantitative estimate of drug-likeness (QED) is 0.580. The molecule has 0 bridgehead atoms. The van der Waals surface area contributed by atoms with Gasteiger partial charge in [0, 0.05) is 11.4 Å². The highest BCUT2D eigenvalue weighted by Crippen LogP contribution is 2.30. The third-order valence-electron chi connectivity index (χ3n) is 5.40. The van der Waals surface area contributed by atoms with Gasteiger partial charge in [0.15, 0.2) is 0 Å². The number of rotatable bonds is 8. The summed E-state index contributed by atoms with van der Waals surface area (Å²) >= 11 is 1.70. The molecule has 0 radical (unpaired) electrons. The van der Waals surface area contributed by atoms with Gasteiger partial charge < -0.3 is 5.32 Å². The van der Waals surface area contributed by atoms with Crippen LogP contribution in [0.5, 0.6) is 0 Å². The van der Waals surface area contributed by atoms with Gasteiger partial charge in [-0.25, -0.2) is 4.39 Å². The second-order valence-electron chi connectivity index (χ2n) is 7.44. The molecule has 0 spiro atoms. The van der Waals surface area contributed by atoms with Gasteiger partial charge in [-0.15, -0.1) is 11.3 Å². The first-order chi connectivity index (χ1) is 14.2. The van der Waals surface area contributed by atoms with E-state index in [4.69, 9.17) is 0 Å². The number of fused-ring (bicyclic) bond motifs is 1. The summed E-state index contributed by atoms with van der Waals surface area (Å²) in [4.78, 5) is 13.6. The van der Waals surface area contributed by atoms with Crippen LogP contribution in [0.15, 0.2) is 60.0 Å². The lowest BCUT2D eigenvalue weighted by atomic mass is 10.00. The number of aryl methyl sites for hydroxylation is 2. The Balaban J connectivity index is 1.34. The van der Waals surface area contributed by atoms with Gasteiger partial charge in [-0.2, -0.15) is 0 Å². The SMILES string of the molecule is O=C(CN[C@H](c1ccc2c(c1)CCC2)c1cccs1)NCCc1ccc(F)cc1. The zero-order chi connectivity index (χ0) is 20.1. The number of carbonyl (C=O) groups excluding carboxylic acids is 1. The molecule has 0 saturated heterocycles. The van der Waals surface area contributed by atoms with Crippen molar-refractivity contribution in [3.05, 3.63) is 92.9 Å². The van der Waals surface area contributed by atoms with Crippen molar-refractivity contribution in [2.24, 2.45) is 0 Å². The second-order valence-corrected chi connectivity index (χ2v) is 8.42. The first-order valence-electron chi connectivity index (χ1n) is 10.1. The van der Waals surface area contributed by atoms with E-state index in [2.05, 4.69) is 40.3 Å². The topological polar surface area (TPSA) is 41.1 Å². The number of carbonyl (C=O) groups is 1. The van der Waals surface area contributed by atoms with E-state index in [-0.39, 0.29) is 24.3 Å². The van der Waals surface area contributed by atoms with Crippen LogP contribution in [-0.2, 0) is 24.1 Å². The lowest BCUT2D eigenvalue weighted by molar-refractivity contribution is -0.120. The summed E-state index contributed by atoms with van der Waals surface area (Å²) in [5.74, 6) is -0.275. The van der Waals surface area contributed by atoms with E-state index in [1.165, 1.54) is 46.5 Å². The predicted octanol–water partition coefficient (Wildman–Crippen LogP) is 4.41. The fourth-order valence-electron chi connectivity index (χ4n) is 3.86. The number of amides is 1. The number of nitrogens with one attached hydrogen (secondary N) is 2. The van der Waals surface area contributed by atoms with Crippen molar-refractivity contribution in [3.63, 3.8) is 0 Å². The van der Waals surface area contributed by atoms with Gasteiger partial charge in [-0.1, -0.05) is 36.4 Å². The standard InChI is InChI=1S/C24H25FN2OS/c25-21-10-6-17(7-11-21)12-13-26-23(28)16-27-24(22-5-2-14-29-22)20-9-8-18-3-1-4-19(18)15-20/h2,5-11,14-15,24,27H,1,3-4,12-13,16H2,(H,26,28)/t24-/m1/s1. The van der Waals surface area contributed by atoms with Crippen molar-refractivity contribution in [1.29, 1.82) is 0 Å². The van der Waals surface area contributed by atoms with Gasteiger partial charge in [0.2, 0.25) is 5.91 Å². The van der Waals surface area contributed by atoms with Crippen molar-refractivity contribution >= 4 is 17.2 Å². The van der Waals surface area contributed by atoms with Gasteiger partial charge in [-0.3, -0.25) is 10.1 Å². The summed E-state index contributed by atoms with van der Waals surface area (Å²) in [6.45, 7) is 0.789. The van der Waals surface area contributed by atoms with Crippen LogP contribution in [-0.4, -0.2) is 19.0 Å². The van der Waals surface area contributed by atoms with Gasteiger partial charge in [0.05, 0.1) is 12.6 Å². The molecule has 1 heterocycles. The number of benzene rings is 2. The van der Waals surface area contributed by atoms with Gasteiger partial charge in [-0.05, 0) is 71.5 Å². The maximum absolute atomic E-state index is 13.0. The Morgan fingerprint density at radius 1 is 1.07 bits per heavy atom. The molecule has 1 aliphatic carbocycles. The molecular weight excluding hydrogens is 383 g/mol.